The zero-order valence-electron chi connectivity index (χ0n) is 32.9. The lowest BCUT2D eigenvalue weighted by molar-refractivity contribution is -0.0201. The molecule has 0 bridgehead atoms. The highest BCUT2D eigenvalue weighted by atomic mass is 28.4. The molecule has 51 heavy (non-hydrogen) atoms. The molecule has 0 aromatic heterocycles. The maximum atomic E-state index is 7.81. The number of terminal acetylenes is 1. The summed E-state index contributed by atoms with van der Waals surface area (Å²) in [4.78, 5) is 0. The highest BCUT2D eigenvalue weighted by Gasteiger charge is 2.51. The standard InChI is InChI=1S/C46H66O3Si2/c1-9-25-40-35-34-39(5)38-46(40,49-50(10-2,11-3)12-4)41(27-24-36-47-42-28-16-13-17-29-42)26-22-23-37-48-51(45(6,7)8,43-30-18-14-19-31-43)44-32-20-15-21-33-44/h1,13-21,27-33,39-40H,10-12,22-26,34-38H2,2-8H3/b41-27+/t39-,40-,46+/m1/s1. The van der Waals surface area contributed by atoms with Crippen molar-refractivity contribution >= 4 is 27.0 Å². The number of hydrogen-bond acceptors (Lipinski definition) is 3. The van der Waals surface area contributed by atoms with E-state index in [-0.39, 0.29) is 10.6 Å². The van der Waals surface area contributed by atoms with E-state index in [1.165, 1.54) is 22.4 Å². The second-order valence-corrected chi connectivity index (χ2v) is 24.9. The van der Waals surface area contributed by atoms with Crippen molar-refractivity contribution in [2.45, 2.75) is 129 Å². The van der Waals surface area contributed by atoms with Crippen molar-refractivity contribution in [3.63, 3.8) is 0 Å². The molecular weight excluding hydrogens is 657 g/mol. The Balaban J connectivity index is 1.64. The Hall–Kier alpha value is -2.89. The van der Waals surface area contributed by atoms with Gasteiger partial charge in [-0.2, -0.15) is 0 Å². The van der Waals surface area contributed by atoms with Gasteiger partial charge in [-0.15, -0.1) is 12.3 Å². The molecule has 0 aliphatic heterocycles. The Morgan fingerprint density at radius 1 is 0.824 bits per heavy atom. The fourth-order valence-electron chi connectivity index (χ4n) is 8.67. The largest absolute Gasteiger partial charge is 0.493 e. The van der Waals surface area contributed by atoms with Gasteiger partial charge in [0.15, 0.2) is 8.32 Å². The van der Waals surface area contributed by atoms with Crippen molar-refractivity contribution in [3.8, 4) is 18.1 Å². The first kappa shape index (κ1) is 40.9. The van der Waals surface area contributed by atoms with Crippen molar-refractivity contribution in [3.05, 3.63) is 103 Å². The highest BCUT2D eigenvalue weighted by molar-refractivity contribution is 6.99. The van der Waals surface area contributed by atoms with E-state index in [2.05, 4.69) is 121 Å². The van der Waals surface area contributed by atoms with Crippen molar-refractivity contribution < 1.29 is 13.6 Å². The topological polar surface area (TPSA) is 27.7 Å². The number of unbranched alkanes of at least 4 members (excludes halogenated alkanes) is 1. The van der Waals surface area contributed by atoms with Crippen LogP contribution in [0.2, 0.25) is 23.2 Å². The molecular formula is C46H66O3Si2. The van der Waals surface area contributed by atoms with Crippen molar-refractivity contribution in [2.75, 3.05) is 13.2 Å². The molecule has 1 aliphatic carbocycles. The molecule has 1 saturated carbocycles. The monoisotopic (exact) mass is 722 g/mol. The molecule has 0 saturated heterocycles. The molecule has 1 fully saturated rings. The van der Waals surface area contributed by atoms with E-state index >= 15 is 0 Å². The summed E-state index contributed by atoms with van der Waals surface area (Å²) in [5, 5.41) is 2.64. The molecule has 5 heteroatoms. The smallest absolute Gasteiger partial charge is 0.261 e. The Morgan fingerprint density at radius 2 is 1.39 bits per heavy atom. The summed E-state index contributed by atoms with van der Waals surface area (Å²) in [5.41, 5.74) is 1.15. The molecule has 1 aliphatic rings. The fraction of sp³-hybridized carbons (Fsp3) is 0.522. The summed E-state index contributed by atoms with van der Waals surface area (Å²) >= 11 is 0. The molecule has 3 aromatic carbocycles. The van der Waals surface area contributed by atoms with E-state index in [4.69, 9.17) is 20.0 Å². The minimum atomic E-state index is -2.58. The number of benzene rings is 3. The predicted octanol–water partition coefficient (Wildman–Crippen LogP) is 11.3. The van der Waals surface area contributed by atoms with Gasteiger partial charge in [0.25, 0.3) is 8.32 Å². The molecule has 0 N–H and O–H groups in total. The second-order valence-electron chi connectivity index (χ2n) is 15.9. The van der Waals surface area contributed by atoms with E-state index < -0.39 is 16.6 Å². The molecule has 3 nitrogen and oxygen atoms in total. The first-order valence-electron chi connectivity index (χ1n) is 19.9. The Labute approximate surface area is 313 Å². The van der Waals surface area contributed by atoms with Crippen molar-refractivity contribution in [1.29, 1.82) is 0 Å². The first-order chi connectivity index (χ1) is 24.6. The highest BCUT2D eigenvalue weighted by Crippen LogP contribution is 2.50. The molecule has 0 unspecified atom stereocenters. The van der Waals surface area contributed by atoms with Crippen molar-refractivity contribution in [2.24, 2.45) is 11.8 Å². The van der Waals surface area contributed by atoms with E-state index in [9.17, 15) is 0 Å². The van der Waals surface area contributed by atoms with Crippen LogP contribution in [0.1, 0.15) is 99.8 Å². The van der Waals surface area contributed by atoms with Gasteiger partial charge >= 0.3 is 0 Å². The molecule has 3 aromatic rings. The van der Waals surface area contributed by atoms with Crippen LogP contribution in [-0.4, -0.2) is 35.4 Å². The Bertz CT molecular complexity index is 1460. The van der Waals surface area contributed by atoms with Gasteiger partial charge in [-0.25, -0.2) is 0 Å². The minimum Gasteiger partial charge on any atom is -0.493 e. The number of ether oxygens (including phenoxy) is 1. The SMILES string of the molecule is C#CC[C@@H]1CC[C@@H](C)C[C@@]1(O[Si](CC)(CC)CC)/C(=C/CCOc1ccccc1)CCCCO[Si](c1ccccc1)(c1ccccc1)C(C)(C)C. The lowest BCUT2D eigenvalue weighted by Gasteiger charge is -2.52. The van der Waals surface area contributed by atoms with E-state index in [0.717, 1.165) is 75.4 Å². The number of para-hydroxylation sites is 1. The maximum absolute atomic E-state index is 7.81. The average Bonchev–Trinajstić information content (AvgIpc) is 3.14. The van der Waals surface area contributed by atoms with Gasteiger partial charge in [0.2, 0.25) is 0 Å². The Morgan fingerprint density at radius 3 is 1.92 bits per heavy atom. The van der Waals surface area contributed by atoms with Crippen molar-refractivity contribution in [1.82, 2.24) is 0 Å². The third kappa shape index (κ3) is 9.96. The van der Waals surface area contributed by atoms with Crippen LogP contribution in [0.15, 0.2) is 103 Å². The van der Waals surface area contributed by atoms with Crippen LogP contribution in [0.5, 0.6) is 5.75 Å². The molecule has 4 rings (SSSR count). The summed E-state index contributed by atoms with van der Waals surface area (Å²) in [6.45, 7) is 17.9. The third-order valence-electron chi connectivity index (χ3n) is 11.7. The summed E-state index contributed by atoms with van der Waals surface area (Å²) in [6, 6.07) is 35.6. The van der Waals surface area contributed by atoms with Crippen LogP contribution >= 0.6 is 0 Å². The van der Waals surface area contributed by atoms with Crippen LogP contribution in [0.25, 0.3) is 0 Å². The van der Waals surface area contributed by atoms with Crippen LogP contribution in [-0.2, 0) is 8.85 Å². The molecule has 0 spiro atoms. The normalized spacial score (nSPS) is 20.2. The van der Waals surface area contributed by atoms with Gasteiger partial charge in [-0.3, -0.25) is 0 Å². The quantitative estimate of drug-likeness (QED) is 0.0534. The summed E-state index contributed by atoms with van der Waals surface area (Å²) < 4.78 is 21.3. The van der Waals surface area contributed by atoms with Gasteiger partial charge in [0, 0.05) is 18.9 Å². The van der Waals surface area contributed by atoms with Crippen LogP contribution in [0.4, 0.5) is 0 Å². The second kappa shape index (κ2) is 19.3. The lowest BCUT2D eigenvalue weighted by Crippen LogP contribution is -2.66. The van der Waals surface area contributed by atoms with Gasteiger partial charge in [0.1, 0.15) is 5.75 Å². The molecule has 0 heterocycles. The van der Waals surface area contributed by atoms with E-state index in [0.29, 0.717) is 18.4 Å². The van der Waals surface area contributed by atoms with E-state index in [1.54, 1.807) is 0 Å². The summed E-state index contributed by atoms with van der Waals surface area (Å²) in [6.07, 6.45) is 16.7. The number of hydrogen-bond donors (Lipinski definition) is 0. The minimum absolute atomic E-state index is 0.0352. The van der Waals surface area contributed by atoms with Gasteiger partial charge in [-0.05, 0) is 95.7 Å². The fourth-order valence-corrected chi connectivity index (χ4v) is 16.4. The predicted molar refractivity (Wildman–Crippen MR) is 223 cm³/mol. The molecule has 3 atom stereocenters. The zero-order chi connectivity index (χ0) is 36.8. The maximum Gasteiger partial charge on any atom is 0.261 e. The average molecular weight is 723 g/mol. The van der Waals surface area contributed by atoms with Crippen LogP contribution in [0, 0.1) is 24.2 Å². The molecule has 0 amide bonds. The zero-order valence-corrected chi connectivity index (χ0v) is 34.9. The van der Waals surface area contributed by atoms with Gasteiger partial charge in [0.05, 0.1) is 12.2 Å². The Kier molecular flexibility index (Phi) is 15.4. The summed E-state index contributed by atoms with van der Waals surface area (Å²) in [5.74, 6) is 4.95. The molecule has 0 radical (unpaired) electrons. The first-order valence-corrected chi connectivity index (χ1v) is 24.3. The summed E-state index contributed by atoms with van der Waals surface area (Å²) in [7, 11) is -4.56. The van der Waals surface area contributed by atoms with E-state index in [1.807, 2.05) is 30.3 Å². The number of rotatable bonds is 19. The van der Waals surface area contributed by atoms with Crippen LogP contribution < -0.4 is 15.1 Å². The third-order valence-corrected chi connectivity index (χ3v) is 21.4. The molecule has 276 valence electrons. The van der Waals surface area contributed by atoms with Gasteiger partial charge < -0.3 is 13.6 Å². The van der Waals surface area contributed by atoms with Crippen LogP contribution in [0.3, 0.4) is 0 Å². The van der Waals surface area contributed by atoms with Gasteiger partial charge in [-0.1, -0.05) is 140 Å². The lowest BCUT2D eigenvalue weighted by atomic mass is 9.65.